The van der Waals surface area contributed by atoms with Crippen molar-refractivity contribution in [3.63, 3.8) is 0 Å². The lowest BCUT2D eigenvalue weighted by Gasteiger charge is -2.08. The van der Waals surface area contributed by atoms with E-state index in [-0.39, 0.29) is 17.8 Å². The van der Waals surface area contributed by atoms with E-state index in [1.807, 2.05) is 13.8 Å². The molecule has 82 valence electrons. The molecule has 0 heterocycles. The summed E-state index contributed by atoms with van der Waals surface area (Å²) < 4.78 is 4.76. The molecule has 0 aromatic heterocycles. The molecule has 5 nitrogen and oxygen atoms in total. The van der Waals surface area contributed by atoms with Crippen molar-refractivity contribution in [1.29, 1.82) is 0 Å². The Labute approximate surface area is 88.4 Å². The first-order valence-corrected chi connectivity index (χ1v) is 4.86. The quantitative estimate of drug-likeness (QED) is 0.341. The number of carbonyl (C=O) groups is 1. The molecule has 0 aliphatic heterocycles. The molecule has 0 aliphatic carbocycles. The van der Waals surface area contributed by atoms with Crippen molar-refractivity contribution >= 4 is 23.6 Å². The zero-order valence-electron chi connectivity index (χ0n) is 8.54. The molecule has 0 saturated heterocycles. The van der Waals surface area contributed by atoms with Crippen LogP contribution in [-0.2, 0) is 9.57 Å². The van der Waals surface area contributed by atoms with Gasteiger partial charge >= 0.3 is 6.09 Å². The molecule has 0 spiro atoms. The second kappa shape index (κ2) is 7.44. The van der Waals surface area contributed by atoms with Crippen LogP contribution in [0.15, 0.2) is 5.16 Å². The first-order valence-electron chi connectivity index (χ1n) is 4.33. The molecule has 6 heteroatoms. The van der Waals surface area contributed by atoms with Gasteiger partial charge in [-0.05, 0) is 20.8 Å². The predicted octanol–water partition coefficient (Wildman–Crippen LogP) is 1.71. The lowest BCUT2D eigenvalue weighted by Crippen LogP contribution is -2.32. The number of nitrogens with zero attached hydrogens (tertiary/aromatic N) is 1. The number of halogens is 1. The van der Waals surface area contributed by atoms with Gasteiger partial charge in [0.1, 0.15) is 12.5 Å². The van der Waals surface area contributed by atoms with Gasteiger partial charge in [0, 0.05) is 6.04 Å². The molecule has 0 aliphatic rings. The Balaban J connectivity index is 3.98. The molecule has 0 atom stereocenters. The van der Waals surface area contributed by atoms with Gasteiger partial charge in [-0.2, -0.15) is 0 Å². The van der Waals surface area contributed by atoms with Crippen LogP contribution in [0, 0.1) is 0 Å². The van der Waals surface area contributed by atoms with Crippen molar-refractivity contribution in [3.8, 4) is 0 Å². The number of hydrogen-bond donors (Lipinski definition) is 1. The van der Waals surface area contributed by atoms with Gasteiger partial charge in [-0.15, -0.1) is 11.6 Å². The largest absolute Gasteiger partial charge is 0.414 e. The van der Waals surface area contributed by atoms with Gasteiger partial charge in [-0.25, -0.2) is 4.79 Å². The Morgan fingerprint density at radius 2 is 2.21 bits per heavy atom. The number of rotatable bonds is 4. The molecule has 0 bridgehead atoms. The fourth-order valence-corrected chi connectivity index (χ4v) is 0.682. The predicted molar refractivity (Wildman–Crippen MR) is 54.5 cm³/mol. The molecule has 0 radical (unpaired) electrons. The van der Waals surface area contributed by atoms with Gasteiger partial charge in [0.15, 0.2) is 0 Å². The van der Waals surface area contributed by atoms with Gasteiger partial charge in [-0.3, -0.25) is 0 Å². The van der Waals surface area contributed by atoms with E-state index >= 15 is 0 Å². The van der Waals surface area contributed by atoms with Crippen LogP contribution in [0.25, 0.3) is 0 Å². The number of nitrogens with one attached hydrogen (secondary N) is 1. The van der Waals surface area contributed by atoms with Gasteiger partial charge < -0.3 is 14.9 Å². The maximum Gasteiger partial charge on any atom is 0.414 e. The maximum atomic E-state index is 11.1. The van der Waals surface area contributed by atoms with Crippen LogP contribution >= 0.6 is 11.6 Å². The van der Waals surface area contributed by atoms with Crippen LogP contribution in [-0.4, -0.2) is 30.5 Å². The highest BCUT2D eigenvalue weighted by Gasteiger charge is 2.08. The Kier molecular flexibility index (Phi) is 6.92. The summed E-state index contributed by atoms with van der Waals surface area (Å²) in [4.78, 5) is 15.7. The van der Waals surface area contributed by atoms with E-state index in [9.17, 15) is 4.79 Å². The average molecular weight is 223 g/mol. The Morgan fingerprint density at radius 1 is 1.57 bits per heavy atom. The van der Waals surface area contributed by atoms with Crippen molar-refractivity contribution in [2.24, 2.45) is 5.16 Å². The summed E-state index contributed by atoms with van der Waals surface area (Å²) in [6.45, 7) is 5.81. The van der Waals surface area contributed by atoms with Gasteiger partial charge in [0.05, 0.1) is 0 Å². The van der Waals surface area contributed by atoms with E-state index < -0.39 is 6.09 Å². The number of ether oxygens (including phenoxy) is 1. The topological polar surface area (TPSA) is 59.9 Å². The maximum absolute atomic E-state index is 11.1. The highest BCUT2D eigenvalue weighted by atomic mass is 35.5. The monoisotopic (exact) mass is 222 g/mol. The van der Waals surface area contributed by atoms with Crippen molar-refractivity contribution < 1.29 is 14.4 Å². The average Bonchev–Trinajstić information content (AvgIpc) is 2.10. The third kappa shape index (κ3) is 6.54. The van der Waals surface area contributed by atoms with E-state index in [4.69, 9.17) is 21.2 Å². The van der Waals surface area contributed by atoms with Crippen LogP contribution in [0.5, 0.6) is 0 Å². The molecular weight excluding hydrogens is 208 g/mol. The van der Waals surface area contributed by atoms with Crippen molar-refractivity contribution in [3.05, 3.63) is 0 Å². The number of alkyl halides is 1. The first kappa shape index (κ1) is 13.0. The number of carbonyl (C=O) groups excluding carboxylic acids is 1. The minimum atomic E-state index is -0.584. The smallest absolute Gasteiger partial charge is 0.393 e. The summed E-state index contributed by atoms with van der Waals surface area (Å²) in [7, 11) is 0. The summed E-state index contributed by atoms with van der Waals surface area (Å²) >= 11 is 5.47. The number of oxime groups is 1. The number of amides is 1. The SMILES string of the molecule is CCO/N=C(/CCl)OC(=O)NC(C)C. The van der Waals surface area contributed by atoms with E-state index in [1.165, 1.54) is 0 Å². The minimum Gasteiger partial charge on any atom is -0.393 e. The fourth-order valence-electron chi connectivity index (χ4n) is 0.579. The van der Waals surface area contributed by atoms with Gasteiger partial charge in [-0.1, -0.05) is 5.16 Å². The van der Waals surface area contributed by atoms with Crippen molar-refractivity contribution in [2.75, 3.05) is 12.5 Å². The Bertz CT molecular complexity index is 207. The van der Waals surface area contributed by atoms with E-state index in [2.05, 4.69) is 10.5 Å². The number of hydrogen-bond acceptors (Lipinski definition) is 4. The fraction of sp³-hybridized carbons (Fsp3) is 0.750. The van der Waals surface area contributed by atoms with Crippen LogP contribution in [0.3, 0.4) is 0 Å². The van der Waals surface area contributed by atoms with Crippen LogP contribution in [0.1, 0.15) is 20.8 Å². The van der Waals surface area contributed by atoms with Crippen LogP contribution in [0.4, 0.5) is 4.79 Å². The molecule has 0 fully saturated rings. The van der Waals surface area contributed by atoms with Gasteiger partial charge in [0.2, 0.25) is 0 Å². The summed E-state index contributed by atoms with van der Waals surface area (Å²) in [5, 5.41) is 6.04. The van der Waals surface area contributed by atoms with E-state index in [0.29, 0.717) is 6.61 Å². The minimum absolute atomic E-state index is 0.00571. The van der Waals surface area contributed by atoms with E-state index in [1.54, 1.807) is 6.92 Å². The molecule has 1 amide bonds. The summed E-state index contributed by atoms with van der Waals surface area (Å²) in [5.74, 6) is 0.0394. The molecule has 0 aromatic rings. The second-order valence-electron chi connectivity index (χ2n) is 2.72. The van der Waals surface area contributed by atoms with Crippen molar-refractivity contribution in [2.45, 2.75) is 26.8 Å². The lowest BCUT2D eigenvalue weighted by atomic mass is 10.4. The summed E-state index contributed by atoms with van der Waals surface area (Å²) in [5.41, 5.74) is 0. The van der Waals surface area contributed by atoms with Gasteiger partial charge in [0.25, 0.3) is 5.90 Å². The molecular formula is C8H15ClN2O3. The first-order chi connectivity index (χ1) is 6.60. The molecule has 1 N–H and O–H groups in total. The Hall–Kier alpha value is -0.970. The van der Waals surface area contributed by atoms with E-state index in [0.717, 1.165) is 0 Å². The molecule has 0 aromatic carbocycles. The van der Waals surface area contributed by atoms with Crippen LogP contribution in [0.2, 0.25) is 0 Å². The standard InChI is InChI=1S/C8H15ClN2O3/c1-4-13-11-7(5-9)14-8(12)10-6(2)3/h6H,4-5H2,1-3H3,(H,10,12)/b11-7-. The lowest BCUT2D eigenvalue weighted by molar-refractivity contribution is 0.145. The Morgan fingerprint density at radius 3 is 2.64 bits per heavy atom. The normalized spacial score (nSPS) is 11.4. The number of alkyl carbamates (subject to hydrolysis) is 1. The third-order valence-corrected chi connectivity index (χ3v) is 1.26. The molecule has 0 rings (SSSR count). The highest BCUT2D eigenvalue weighted by Crippen LogP contribution is 1.91. The molecule has 0 unspecified atom stereocenters. The molecule has 14 heavy (non-hydrogen) atoms. The van der Waals surface area contributed by atoms with Crippen molar-refractivity contribution in [1.82, 2.24) is 5.32 Å². The zero-order valence-corrected chi connectivity index (χ0v) is 9.30. The van der Waals surface area contributed by atoms with Crippen LogP contribution < -0.4 is 5.32 Å². The summed E-state index contributed by atoms with van der Waals surface area (Å²) in [6.07, 6.45) is -0.584. The highest BCUT2D eigenvalue weighted by molar-refractivity contribution is 6.27. The second-order valence-corrected chi connectivity index (χ2v) is 2.99. The zero-order chi connectivity index (χ0) is 11.0. The molecule has 0 saturated carbocycles. The third-order valence-electron chi connectivity index (χ3n) is 1.03. The summed E-state index contributed by atoms with van der Waals surface area (Å²) in [6, 6.07) is 0.00571.